The number of imidazole rings is 1. The highest BCUT2D eigenvalue weighted by molar-refractivity contribution is 5.76. The number of nitrogens with one attached hydrogen (secondary N) is 1. The number of piperazine rings is 1. The number of pyridine rings is 1. The maximum Gasteiger partial charge on any atom is 0.222 e. The van der Waals surface area contributed by atoms with Crippen LogP contribution in [0.4, 0.5) is 10.2 Å². The minimum Gasteiger partial charge on any atom is -0.497 e. The van der Waals surface area contributed by atoms with Crippen LogP contribution < -0.4 is 9.64 Å². The first-order valence-corrected chi connectivity index (χ1v) is 12.4. The van der Waals surface area contributed by atoms with Crippen LogP contribution in [0.5, 0.6) is 5.75 Å². The largest absolute Gasteiger partial charge is 0.497 e. The Morgan fingerprint density at radius 1 is 1.14 bits per heavy atom. The number of hydrogen-bond donors (Lipinski definition) is 1. The Balaban J connectivity index is 1.31. The number of carbonyl (C=O) groups excluding carboxylic acids is 1. The second-order valence-corrected chi connectivity index (χ2v) is 9.00. The lowest BCUT2D eigenvalue weighted by atomic mass is 10.1. The van der Waals surface area contributed by atoms with Gasteiger partial charge in [0.05, 0.1) is 12.8 Å². The molecule has 4 rings (SSSR count). The molecular formula is C27H34FN5O2. The van der Waals surface area contributed by atoms with Crippen LogP contribution in [-0.4, -0.2) is 59.0 Å². The minimum atomic E-state index is -0.214. The van der Waals surface area contributed by atoms with E-state index in [0.29, 0.717) is 25.1 Å². The summed E-state index contributed by atoms with van der Waals surface area (Å²) in [5, 5.41) is 0. The summed E-state index contributed by atoms with van der Waals surface area (Å²) in [5.41, 5.74) is 3.60. The lowest BCUT2D eigenvalue weighted by Crippen LogP contribution is -2.49. The number of nitrogens with zero attached hydrogens (tertiary/aromatic N) is 4. The van der Waals surface area contributed by atoms with E-state index in [1.807, 2.05) is 23.1 Å². The van der Waals surface area contributed by atoms with Crippen molar-refractivity contribution in [1.82, 2.24) is 19.9 Å². The maximum absolute atomic E-state index is 13.7. The van der Waals surface area contributed by atoms with Crippen molar-refractivity contribution in [3.63, 3.8) is 0 Å². The summed E-state index contributed by atoms with van der Waals surface area (Å²) in [6, 6.07) is 8.81. The van der Waals surface area contributed by atoms with E-state index < -0.39 is 0 Å². The first-order valence-electron chi connectivity index (χ1n) is 12.4. The molecule has 186 valence electrons. The molecule has 0 aliphatic carbocycles. The van der Waals surface area contributed by atoms with Gasteiger partial charge in [0.1, 0.15) is 23.2 Å². The van der Waals surface area contributed by atoms with E-state index in [2.05, 4.69) is 21.8 Å². The molecule has 0 atom stereocenters. The third-order valence-corrected chi connectivity index (χ3v) is 6.51. The van der Waals surface area contributed by atoms with E-state index in [0.717, 1.165) is 73.1 Å². The molecule has 1 saturated heterocycles. The molecule has 0 spiro atoms. The predicted octanol–water partition coefficient (Wildman–Crippen LogP) is 4.55. The Morgan fingerprint density at radius 3 is 2.66 bits per heavy atom. The molecule has 1 aromatic carbocycles. The highest BCUT2D eigenvalue weighted by Gasteiger charge is 2.22. The Morgan fingerprint density at radius 2 is 1.94 bits per heavy atom. The van der Waals surface area contributed by atoms with Crippen LogP contribution in [0.2, 0.25) is 0 Å². The molecule has 3 aromatic rings. The van der Waals surface area contributed by atoms with Gasteiger partial charge in [0.25, 0.3) is 0 Å². The van der Waals surface area contributed by atoms with E-state index >= 15 is 0 Å². The zero-order chi connectivity index (χ0) is 24.8. The molecule has 7 nitrogen and oxygen atoms in total. The summed E-state index contributed by atoms with van der Waals surface area (Å²) >= 11 is 0. The molecule has 8 heteroatoms. The van der Waals surface area contributed by atoms with Gasteiger partial charge in [-0.25, -0.2) is 14.4 Å². The van der Waals surface area contributed by atoms with Gasteiger partial charge in [-0.2, -0.15) is 0 Å². The number of aromatic amines is 1. The van der Waals surface area contributed by atoms with Gasteiger partial charge < -0.3 is 19.5 Å². The highest BCUT2D eigenvalue weighted by Crippen LogP contribution is 2.23. The summed E-state index contributed by atoms with van der Waals surface area (Å²) in [6.45, 7) is 6.79. The molecule has 1 N–H and O–H groups in total. The summed E-state index contributed by atoms with van der Waals surface area (Å²) < 4.78 is 19.0. The molecule has 0 bridgehead atoms. The number of anilines is 1. The Bertz CT molecular complexity index is 1150. The molecule has 0 saturated carbocycles. The second kappa shape index (κ2) is 11.3. The van der Waals surface area contributed by atoms with Crippen LogP contribution in [0, 0.1) is 12.7 Å². The molecule has 35 heavy (non-hydrogen) atoms. The van der Waals surface area contributed by atoms with Gasteiger partial charge in [0.15, 0.2) is 0 Å². The third-order valence-electron chi connectivity index (χ3n) is 6.51. The van der Waals surface area contributed by atoms with Crippen molar-refractivity contribution < 1.29 is 13.9 Å². The first kappa shape index (κ1) is 24.7. The fraction of sp³-hybridized carbons (Fsp3) is 0.444. The van der Waals surface area contributed by atoms with Crippen LogP contribution in [0.15, 0.2) is 36.5 Å². The summed E-state index contributed by atoms with van der Waals surface area (Å²) in [5.74, 6) is 2.40. The van der Waals surface area contributed by atoms with Gasteiger partial charge in [-0.1, -0.05) is 13.3 Å². The van der Waals surface area contributed by atoms with Crippen molar-refractivity contribution in [2.45, 2.75) is 46.0 Å². The fourth-order valence-corrected chi connectivity index (χ4v) is 4.49. The Labute approximate surface area is 206 Å². The number of methoxy groups -OCH3 is 1. The minimum absolute atomic E-state index is 0.185. The van der Waals surface area contributed by atoms with E-state index in [4.69, 9.17) is 9.72 Å². The van der Waals surface area contributed by atoms with Gasteiger partial charge in [-0.15, -0.1) is 0 Å². The molecule has 0 unspecified atom stereocenters. The molecule has 1 aliphatic rings. The number of halogens is 1. The number of aryl methyl sites for hydroxylation is 3. The summed E-state index contributed by atoms with van der Waals surface area (Å²) in [6.07, 6.45) is 5.64. The topological polar surface area (TPSA) is 74.4 Å². The van der Waals surface area contributed by atoms with Crippen LogP contribution in [0.1, 0.15) is 43.1 Å². The molecule has 2 aromatic heterocycles. The summed E-state index contributed by atoms with van der Waals surface area (Å²) in [7, 11) is 1.65. The van der Waals surface area contributed by atoms with Crippen molar-refractivity contribution in [2.75, 3.05) is 38.2 Å². The van der Waals surface area contributed by atoms with Crippen LogP contribution in [0.3, 0.4) is 0 Å². The number of aromatic nitrogens is 3. The first-order chi connectivity index (χ1) is 17.0. The van der Waals surface area contributed by atoms with Crippen LogP contribution in [-0.2, 0) is 17.6 Å². The second-order valence-electron chi connectivity index (χ2n) is 9.00. The van der Waals surface area contributed by atoms with E-state index in [1.165, 1.54) is 6.07 Å². The fourth-order valence-electron chi connectivity index (χ4n) is 4.49. The number of amides is 1. The lowest BCUT2D eigenvalue weighted by molar-refractivity contribution is -0.131. The van der Waals surface area contributed by atoms with E-state index in [1.54, 1.807) is 26.3 Å². The van der Waals surface area contributed by atoms with E-state index in [-0.39, 0.29) is 11.7 Å². The lowest BCUT2D eigenvalue weighted by Gasteiger charge is -2.35. The Kier molecular flexibility index (Phi) is 8.00. The standard InChI is InChI=1S/C27H34FN5O2/c1-4-6-23-24(31-27(30-23)20-9-10-22(28)19(2)17-20)7-5-8-26(34)33-15-13-32(14-16-33)25-18-21(35-3)11-12-29-25/h9-12,17-18H,4-8,13-16H2,1-3H3,(H,30,31). The number of ether oxygens (including phenoxy) is 1. The average molecular weight is 480 g/mol. The number of rotatable bonds is 9. The van der Waals surface area contributed by atoms with Gasteiger partial charge >= 0.3 is 0 Å². The number of hydrogen-bond acceptors (Lipinski definition) is 5. The zero-order valence-corrected chi connectivity index (χ0v) is 20.8. The smallest absolute Gasteiger partial charge is 0.222 e. The van der Waals surface area contributed by atoms with Gasteiger partial charge in [0.2, 0.25) is 5.91 Å². The molecule has 1 fully saturated rings. The quantitative estimate of drug-likeness (QED) is 0.487. The predicted molar refractivity (Wildman–Crippen MR) is 135 cm³/mol. The monoisotopic (exact) mass is 479 g/mol. The summed E-state index contributed by atoms with van der Waals surface area (Å²) in [4.78, 5) is 29.6. The molecule has 1 amide bonds. The van der Waals surface area contributed by atoms with Crippen molar-refractivity contribution in [3.8, 4) is 17.1 Å². The van der Waals surface area contributed by atoms with Gasteiger partial charge in [-0.3, -0.25) is 4.79 Å². The molecule has 0 radical (unpaired) electrons. The van der Waals surface area contributed by atoms with Crippen LogP contribution >= 0.6 is 0 Å². The SMILES string of the molecule is CCCc1[nH]c(-c2ccc(F)c(C)c2)nc1CCCC(=O)N1CCN(c2cc(OC)ccn2)CC1. The number of benzene rings is 1. The third kappa shape index (κ3) is 5.99. The van der Waals surface area contributed by atoms with Crippen LogP contribution in [0.25, 0.3) is 11.4 Å². The Hall–Kier alpha value is -3.42. The van der Waals surface area contributed by atoms with Gasteiger partial charge in [0, 0.05) is 56.1 Å². The van der Waals surface area contributed by atoms with Gasteiger partial charge in [-0.05, 0) is 56.0 Å². The van der Waals surface area contributed by atoms with Crippen molar-refractivity contribution >= 4 is 11.7 Å². The number of carbonyl (C=O) groups is 1. The molecular weight excluding hydrogens is 445 g/mol. The number of H-pyrrole nitrogens is 1. The van der Waals surface area contributed by atoms with Crippen molar-refractivity contribution in [1.29, 1.82) is 0 Å². The highest BCUT2D eigenvalue weighted by atomic mass is 19.1. The van der Waals surface area contributed by atoms with Crippen molar-refractivity contribution in [3.05, 3.63) is 59.3 Å². The van der Waals surface area contributed by atoms with E-state index in [9.17, 15) is 9.18 Å². The molecule has 1 aliphatic heterocycles. The average Bonchev–Trinajstić information content (AvgIpc) is 3.28. The maximum atomic E-state index is 13.7. The normalized spacial score (nSPS) is 13.8. The zero-order valence-electron chi connectivity index (χ0n) is 20.8. The van der Waals surface area contributed by atoms with Crippen molar-refractivity contribution in [2.24, 2.45) is 0 Å². The molecule has 3 heterocycles.